The summed E-state index contributed by atoms with van der Waals surface area (Å²) in [5.74, 6) is 0. The zero-order valence-corrected chi connectivity index (χ0v) is 10.0. The molecule has 0 unspecified atom stereocenters. The molecule has 2 rings (SSSR count). The summed E-state index contributed by atoms with van der Waals surface area (Å²) in [6.07, 6.45) is -3.71. The number of pyridine rings is 1. The number of aryl methyl sites for hydroxylation is 1. The Bertz CT molecular complexity index is 603. The largest absolute Gasteiger partial charge is 0.416 e. The summed E-state index contributed by atoms with van der Waals surface area (Å²) >= 11 is 0. The van der Waals surface area contributed by atoms with Crippen molar-refractivity contribution >= 4 is 6.29 Å². The Morgan fingerprint density at radius 3 is 2.16 bits per heavy atom. The minimum Gasteiger partial charge on any atom is -0.296 e. The predicted octanol–water partition coefficient (Wildman–Crippen LogP) is 3.89. The molecule has 2 nitrogen and oxygen atoms in total. The average Bonchev–Trinajstić information content (AvgIpc) is 2.37. The van der Waals surface area contributed by atoms with Crippen LogP contribution in [0.1, 0.15) is 21.7 Å². The summed E-state index contributed by atoms with van der Waals surface area (Å²) in [7, 11) is 0. The second-order valence-electron chi connectivity index (χ2n) is 4.06. The van der Waals surface area contributed by atoms with Crippen molar-refractivity contribution < 1.29 is 18.0 Å². The van der Waals surface area contributed by atoms with Crippen LogP contribution >= 0.6 is 0 Å². The maximum Gasteiger partial charge on any atom is 0.416 e. The van der Waals surface area contributed by atoms with E-state index in [1.165, 1.54) is 18.2 Å². The summed E-state index contributed by atoms with van der Waals surface area (Å²) < 4.78 is 37.3. The van der Waals surface area contributed by atoms with E-state index in [2.05, 4.69) is 4.98 Å². The van der Waals surface area contributed by atoms with Gasteiger partial charge in [0.25, 0.3) is 0 Å². The first-order valence-electron chi connectivity index (χ1n) is 5.52. The van der Waals surface area contributed by atoms with E-state index in [0.717, 1.165) is 12.1 Å². The Balaban J connectivity index is 2.40. The summed E-state index contributed by atoms with van der Waals surface area (Å²) in [6, 6.07) is 8.06. The van der Waals surface area contributed by atoms with Gasteiger partial charge in [-0.05, 0) is 30.7 Å². The lowest BCUT2D eigenvalue weighted by Gasteiger charge is -2.09. The van der Waals surface area contributed by atoms with Crippen LogP contribution in [0.4, 0.5) is 13.2 Å². The first-order chi connectivity index (χ1) is 8.91. The number of aldehydes is 1. The van der Waals surface area contributed by atoms with Crippen LogP contribution in [0.15, 0.2) is 36.4 Å². The minimum absolute atomic E-state index is 0.299. The fourth-order valence-electron chi connectivity index (χ4n) is 1.79. The van der Waals surface area contributed by atoms with E-state index in [9.17, 15) is 18.0 Å². The normalized spacial score (nSPS) is 11.4. The van der Waals surface area contributed by atoms with Crippen molar-refractivity contribution in [3.8, 4) is 11.1 Å². The highest BCUT2D eigenvalue weighted by Crippen LogP contribution is 2.31. The molecule has 1 aromatic heterocycles. The molecule has 1 heterocycles. The number of halogens is 3. The van der Waals surface area contributed by atoms with Crippen molar-refractivity contribution in [3.05, 3.63) is 53.3 Å². The van der Waals surface area contributed by atoms with E-state index in [-0.39, 0.29) is 0 Å². The molecule has 2 aromatic rings. The standard InChI is InChI=1S/C14H10F3NO/c1-9-13(7-6-12(8-19)18-9)10-2-4-11(5-3-10)14(15,16)17/h2-8H,1H3. The number of hydrogen-bond acceptors (Lipinski definition) is 2. The maximum atomic E-state index is 12.4. The van der Waals surface area contributed by atoms with Gasteiger partial charge in [-0.15, -0.1) is 0 Å². The Kier molecular flexibility index (Phi) is 3.38. The Morgan fingerprint density at radius 1 is 1.05 bits per heavy atom. The molecule has 0 spiro atoms. The third-order valence-electron chi connectivity index (χ3n) is 2.75. The smallest absolute Gasteiger partial charge is 0.296 e. The zero-order valence-electron chi connectivity index (χ0n) is 10.0. The lowest BCUT2D eigenvalue weighted by Crippen LogP contribution is -2.04. The molecule has 0 atom stereocenters. The fourth-order valence-corrected chi connectivity index (χ4v) is 1.79. The number of aromatic nitrogens is 1. The number of nitrogens with zero attached hydrogens (tertiary/aromatic N) is 1. The fraction of sp³-hybridized carbons (Fsp3) is 0.143. The molecule has 5 heteroatoms. The van der Waals surface area contributed by atoms with E-state index < -0.39 is 11.7 Å². The monoisotopic (exact) mass is 265 g/mol. The van der Waals surface area contributed by atoms with Crippen molar-refractivity contribution in [2.24, 2.45) is 0 Å². The number of carbonyl (C=O) groups excluding carboxylic acids is 1. The van der Waals surface area contributed by atoms with Crippen molar-refractivity contribution in [2.45, 2.75) is 13.1 Å². The van der Waals surface area contributed by atoms with Crippen molar-refractivity contribution in [1.82, 2.24) is 4.98 Å². The Labute approximate surface area is 107 Å². The van der Waals surface area contributed by atoms with Gasteiger partial charge in [0.15, 0.2) is 6.29 Å². The highest BCUT2D eigenvalue weighted by molar-refractivity contribution is 5.74. The van der Waals surface area contributed by atoms with Crippen molar-refractivity contribution in [3.63, 3.8) is 0 Å². The van der Waals surface area contributed by atoms with Crippen LogP contribution in [0.5, 0.6) is 0 Å². The van der Waals surface area contributed by atoms with Crippen molar-refractivity contribution in [2.75, 3.05) is 0 Å². The van der Waals surface area contributed by atoms with Gasteiger partial charge in [-0.3, -0.25) is 4.79 Å². The summed E-state index contributed by atoms with van der Waals surface area (Å²) in [5, 5.41) is 0. The molecule has 0 radical (unpaired) electrons. The minimum atomic E-state index is -4.34. The van der Waals surface area contributed by atoms with Gasteiger partial charge in [0.1, 0.15) is 5.69 Å². The van der Waals surface area contributed by atoms with Gasteiger partial charge >= 0.3 is 6.18 Å². The van der Waals surface area contributed by atoms with Crippen LogP contribution in [-0.4, -0.2) is 11.3 Å². The first kappa shape index (κ1) is 13.3. The molecule has 0 aliphatic heterocycles. The van der Waals surface area contributed by atoms with Crippen LogP contribution in [0.3, 0.4) is 0 Å². The molecular formula is C14H10F3NO. The average molecular weight is 265 g/mol. The van der Waals surface area contributed by atoms with Gasteiger partial charge in [0.2, 0.25) is 0 Å². The predicted molar refractivity (Wildman–Crippen MR) is 64.8 cm³/mol. The molecule has 0 saturated heterocycles. The number of hydrogen-bond donors (Lipinski definition) is 0. The number of alkyl halides is 3. The second-order valence-corrected chi connectivity index (χ2v) is 4.06. The van der Waals surface area contributed by atoms with Crippen LogP contribution < -0.4 is 0 Å². The maximum absolute atomic E-state index is 12.4. The lowest BCUT2D eigenvalue weighted by atomic mass is 10.0. The van der Waals surface area contributed by atoms with E-state index in [1.54, 1.807) is 13.0 Å². The summed E-state index contributed by atoms with van der Waals surface area (Å²) in [5.41, 5.74) is 1.55. The second kappa shape index (κ2) is 4.84. The number of carbonyl (C=O) groups is 1. The zero-order chi connectivity index (χ0) is 14.0. The number of rotatable bonds is 2. The third kappa shape index (κ3) is 2.81. The Hall–Kier alpha value is -2.17. The molecule has 0 amide bonds. The summed E-state index contributed by atoms with van der Waals surface area (Å²) in [6.45, 7) is 1.71. The first-order valence-corrected chi connectivity index (χ1v) is 5.52. The molecule has 0 saturated carbocycles. The van der Waals surface area contributed by atoms with Crippen LogP contribution in [0, 0.1) is 6.92 Å². The van der Waals surface area contributed by atoms with Crippen LogP contribution in [-0.2, 0) is 6.18 Å². The molecule has 0 aliphatic carbocycles. The van der Waals surface area contributed by atoms with Gasteiger partial charge in [-0.25, -0.2) is 4.98 Å². The van der Waals surface area contributed by atoms with Crippen LogP contribution in [0.2, 0.25) is 0 Å². The topological polar surface area (TPSA) is 30.0 Å². The quantitative estimate of drug-likeness (QED) is 0.771. The molecule has 19 heavy (non-hydrogen) atoms. The molecule has 0 bridgehead atoms. The third-order valence-corrected chi connectivity index (χ3v) is 2.75. The van der Waals surface area contributed by atoms with Gasteiger partial charge in [-0.1, -0.05) is 18.2 Å². The molecule has 0 N–H and O–H groups in total. The highest BCUT2D eigenvalue weighted by Gasteiger charge is 2.29. The number of benzene rings is 1. The lowest BCUT2D eigenvalue weighted by molar-refractivity contribution is -0.137. The molecular weight excluding hydrogens is 255 g/mol. The SMILES string of the molecule is Cc1nc(C=O)ccc1-c1ccc(C(F)(F)F)cc1. The Morgan fingerprint density at radius 2 is 1.68 bits per heavy atom. The van der Waals surface area contributed by atoms with Gasteiger partial charge in [0, 0.05) is 11.3 Å². The van der Waals surface area contributed by atoms with E-state index in [1.807, 2.05) is 0 Å². The van der Waals surface area contributed by atoms with Crippen molar-refractivity contribution in [1.29, 1.82) is 0 Å². The van der Waals surface area contributed by atoms with Gasteiger partial charge < -0.3 is 0 Å². The van der Waals surface area contributed by atoms with Gasteiger partial charge in [-0.2, -0.15) is 13.2 Å². The summed E-state index contributed by atoms with van der Waals surface area (Å²) in [4.78, 5) is 14.6. The molecule has 0 aliphatic rings. The van der Waals surface area contributed by atoms with Crippen LogP contribution in [0.25, 0.3) is 11.1 Å². The molecule has 0 fully saturated rings. The highest BCUT2D eigenvalue weighted by atomic mass is 19.4. The molecule has 98 valence electrons. The van der Waals surface area contributed by atoms with E-state index in [0.29, 0.717) is 28.8 Å². The van der Waals surface area contributed by atoms with E-state index >= 15 is 0 Å². The van der Waals surface area contributed by atoms with E-state index in [4.69, 9.17) is 0 Å². The van der Waals surface area contributed by atoms with Gasteiger partial charge in [0.05, 0.1) is 5.56 Å². The molecule has 1 aromatic carbocycles.